The van der Waals surface area contributed by atoms with Crippen molar-refractivity contribution in [3.05, 3.63) is 108 Å². The molecule has 3 aromatic carbocycles. The standard InChI is InChI=1S/C25H29NO3.C4H8N2O3/c1-27-24(28-2)19-12-20-26-29-25(21-13-6-3-7-14-21,22-15-8-4-9-16-22)23-17-10-5-11-18-23;5-1-3(7)6-2-4(8)9/h3-11,13-18,24,26H,12,19-20H2,1-2H3;1-2,5H2,(H,6,7)(H,8,9). The highest BCUT2D eigenvalue weighted by Crippen LogP contribution is 2.39. The predicted octanol–water partition coefficient (Wildman–Crippen LogP) is 3.04. The van der Waals surface area contributed by atoms with E-state index in [2.05, 4.69) is 47.2 Å². The molecule has 0 fully saturated rings. The maximum atomic E-state index is 10.2. The highest BCUT2D eigenvalue weighted by Gasteiger charge is 2.38. The van der Waals surface area contributed by atoms with Gasteiger partial charge in [0.25, 0.3) is 0 Å². The number of carbonyl (C=O) groups is 2. The molecule has 0 aliphatic rings. The van der Waals surface area contributed by atoms with Gasteiger partial charge in [0, 0.05) is 20.8 Å². The van der Waals surface area contributed by atoms with Crippen LogP contribution in [-0.4, -0.2) is 57.1 Å². The van der Waals surface area contributed by atoms with E-state index >= 15 is 0 Å². The Morgan fingerprint density at radius 3 is 1.66 bits per heavy atom. The lowest BCUT2D eigenvalue weighted by Gasteiger charge is -2.35. The largest absolute Gasteiger partial charge is 0.480 e. The van der Waals surface area contributed by atoms with E-state index in [4.69, 9.17) is 25.2 Å². The minimum absolute atomic E-state index is 0.173. The maximum Gasteiger partial charge on any atom is 0.322 e. The SMILES string of the molecule is COC(CCCNOC(c1ccccc1)(c1ccccc1)c1ccccc1)OC.NCC(=O)NCC(=O)O. The fourth-order valence-corrected chi connectivity index (χ4v) is 3.77. The van der Waals surface area contributed by atoms with Crippen LogP contribution in [0.2, 0.25) is 0 Å². The Balaban J connectivity index is 0.000000484. The Morgan fingerprint density at radius 1 is 0.842 bits per heavy atom. The smallest absolute Gasteiger partial charge is 0.322 e. The molecule has 0 saturated carbocycles. The van der Waals surface area contributed by atoms with Crippen molar-refractivity contribution in [1.82, 2.24) is 10.8 Å². The van der Waals surface area contributed by atoms with E-state index in [1.807, 2.05) is 54.6 Å². The molecule has 0 bridgehead atoms. The first-order valence-electron chi connectivity index (χ1n) is 12.3. The molecular formula is C29H37N3O6. The zero-order valence-electron chi connectivity index (χ0n) is 21.8. The second-order valence-corrected chi connectivity index (χ2v) is 8.19. The van der Waals surface area contributed by atoms with Crippen molar-refractivity contribution in [3.8, 4) is 0 Å². The number of carboxylic acid groups (broad SMARTS) is 1. The molecule has 9 heteroatoms. The molecule has 1 amide bonds. The molecular weight excluding hydrogens is 486 g/mol. The van der Waals surface area contributed by atoms with Crippen LogP contribution in [0.5, 0.6) is 0 Å². The van der Waals surface area contributed by atoms with Crippen LogP contribution in [0.15, 0.2) is 91.0 Å². The molecule has 0 atom stereocenters. The third-order valence-electron chi connectivity index (χ3n) is 5.63. The lowest BCUT2D eigenvalue weighted by Crippen LogP contribution is -2.38. The lowest BCUT2D eigenvalue weighted by atomic mass is 9.80. The first-order chi connectivity index (χ1) is 18.5. The number of carbonyl (C=O) groups excluding carboxylic acids is 1. The number of ether oxygens (including phenoxy) is 2. The van der Waals surface area contributed by atoms with E-state index in [1.165, 1.54) is 0 Å². The molecule has 0 aliphatic heterocycles. The molecule has 0 heterocycles. The topological polar surface area (TPSA) is 132 Å². The van der Waals surface area contributed by atoms with Crippen LogP contribution in [0, 0.1) is 0 Å². The Labute approximate surface area is 223 Å². The molecule has 38 heavy (non-hydrogen) atoms. The normalized spacial score (nSPS) is 10.9. The van der Waals surface area contributed by atoms with Gasteiger partial charge < -0.3 is 25.6 Å². The number of carboxylic acids is 1. The van der Waals surface area contributed by atoms with Gasteiger partial charge in [0.2, 0.25) is 5.91 Å². The quantitative estimate of drug-likeness (QED) is 0.110. The Morgan fingerprint density at radius 2 is 1.29 bits per heavy atom. The van der Waals surface area contributed by atoms with Crippen LogP contribution in [0.4, 0.5) is 0 Å². The summed E-state index contributed by atoms with van der Waals surface area (Å²) >= 11 is 0. The van der Waals surface area contributed by atoms with Gasteiger partial charge in [-0.2, -0.15) is 0 Å². The summed E-state index contributed by atoms with van der Waals surface area (Å²) in [7, 11) is 3.31. The molecule has 0 radical (unpaired) electrons. The minimum Gasteiger partial charge on any atom is -0.480 e. The molecule has 204 valence electrons. The highest BCUT2D eigenvalue weighted by molar-refractivity contribution is 5.82. The van der Waals surface area contributed by atoms with Gasteiger partial charge in [-0.3, -0.25) is 14.4 Å². The fourth-order valence-electron chi connectivity index (χ4n) is 3.77. The van der Waals surface area contributed by atoms with Crippen LogP contribution in [0.1, 0.15) is 29.5 Å². The van der Waals surface area contributed by atoms with E-state index in [9.17, 15) is 9.59 Å². The van der Waals surface area contributed by atoms with Crippen molar-refractivity contribution >= 4 is 11.9 Å². The van der Waals surface area contributed by atoms with E-state index in [0.29, 0.717) is 6.54 Å². The van der Waals surface area contributed by atoms with Crippen molar-refractivity contribution < 1.29 is 29.0 Å². The van der Waals surface area contributed by atoms with Gasteiger partial charge >= 0.3 is 5.97 Å². The summed E-state index contributed by atoms with van der Waals surface area (Å²) in [4.78, 5) is 26.5. The monoisotopic (exact) mass is 523 g/mol. The van der Waals surface area contributed by atoms with Gasteiger partial charge in [0.15, 0.2) is 11.9 Å². The van der Waals surface area contributed by atoms with Crippen molar-refractivity contribution in [2.45, 2.75) is 24.7 Å². The van der Waals surface area contributed by atoms with Gasteiger partial charge in [0.05, 0.1) is 6.54 Å². The van der Waals surface area contributed by atoms with Crippen LogP contribution < -0.4 is 16.5 Å². The van der Waals surface area contributed by atoms with Gasteiger partial charge in [-0.25, -0.2) is 5.48 Å². The zero-order valence-corrected chi connectivity index (χ0v) is 21.8. The van der Waals surface area contributed by atoms with Crippen molar-refractivity contribution in [1.29, 1.82) is 0 Å². The predicted molar refractivity (Wildman–Crippen MR) is 145 cm³/mol. The van der Waals surface area contributed by atoms with Crippen LogP contribution >= 0.6 is 0 Å². The van der Waals surface area contributed by atoms with Gasteiger partial charge in [-0.15, -0.1) is 0 Å². The molecule has 9 nitrogen and oxygen atoms in total. The first-order valence-corrected chi connectivity index (χ1v) is 12.3. The molecule has 0 saturated heterocycles. The Bertz CT molecular complexity index is 967. The van der Waals surface area contributed by atoms with E-state index in [-0.39, 0.29) is 19.4 Å². The van der Waals surface area contributed by atoms with E-state index in [0.717, 1.165) is 29.5 Å². The van der Waals surface area contributed by atoms with Gasteiger partial charge in [0.1, 0.15) is 6.54 Å². The second kappa shape index (κ2) is 17.0. The number of hydrogen-bond acceptors (Lipinski definition) is 7. The molecule has 0 aromatic heterocycles. The van der Waals surface area contributed by atoms with E-state index < -0.39 is 17.5 Å². The van der Waals surface area contributed by atoms with Crippen LogP contribution in [0.3, 0.4) is 0 Å². The summed E-state index contributed by atoms with van der Waals surface area (Å²) in [6.45, 7) is 0.140. The summed E-state index contributed by atoms with van der Waals surface area (Å²) in [6.07, 6.45) is 1.46. The summed E-state index contributed by atoms with van der Waals surface area (Å²) in [5.74, 6) is -1.53. The highest BCUT2D eigenvalue weighted by atomic mass is 16.7. The average molecular weight is 524 g/mol. The lowest BCUT2D eigenvalue weighted by molar-refractivity contribution is -0.137. The second-order valence-electron chi connectivity index (χ2n) is 8.19. The fraction of sp³-hybridized carbons (Fsp3) is 0.310. The van der Waals surface area contributed by atoms with Crippen LogP contribution in [-0.2, 0) is 29.5 Å². The molecule has 5 N–H and O–H groups in total. The number of hydrogen-bond donors (Lipinski definition) is 4. The summed E-state index contributed by atoms with van der Waals surface area (Å²) in [6, 6.07) is 30.9. The van der Waals surface area contributed by atoms with Gasteiger partial charge in [-0.1, -0.05) is 91.0 Å². The Hall–Kier alpha value is -3.60. The number of amides is 1. The van der Waals surface area contributed by atoms with Crippen molar-refractivity contribution in [2.75, 3.05) is 33.9 Å². The number of methoxy groups -OCH3 is 2. The van der Waals surface area contributed by atoms with Crippen molar-refractivity contribution in [2.24, 2.45) is 5.73 Å². The number of hydroxylamine groups is 1. The number of nitrogens with one attached hydrogen (secondary N) is 2. The average Bonchev–Trinajstić information content (AvgIpc) is 2.97. The molecule has 3 aromatic rings. The summed E-state index contributed by atoms with van der Waals surface area (Å²) < 4.78 is 10.5. The van der Waals surface area contributed by atoms with Gasteiger partial charge in [-0.05, 0) is 29.5 Å². The number of aliphatic carboxylic acids is 1. The number of benzene rings is 3. The zero-order chi connectivity index (χ0) is 27.6. The molecule has 0 aliphatic carbocycles. The number of rotatable bonds is 14. The Kier molecular flexibility index (Phi) is 13.7. The molecule has 0 unspecified atom stereocenters. The third kappa shape index (κ3) is 9.37. The van der Waals surface area contributed by atoms with Crippen molar-refractivity contribution in [3.63, 3.8) is 0 Å². The van der Waals surface area contributed by atoms with E-state index in [1.54, 1.807) is 14.2 Å². The molecule has 0 spiro atoms. The minimum atomic E-state index is -1.07. The third-order valence-corrected chi connectivity index (χ3v) is 5.63. The van der Waals surface area contributed by atoms with Crippen LogP contribution in [0.25, 0.3) is 0 Å². The molecule has 3 rings (SSSR count). The number of nitrogens with two attached hydrogens (primary N) is 1. The summed E-state index contributed by atoms with van der Waals surface area (Å²) in [5.41, 5.74) is 10.5. The summed E-state index contributed by atoms with van der Waals surface area (Å²) in [5, 5.41) is 10.1. The first kappa shape index (κ1) is 30.6. The maximum absolute atomic E-state index is 10.2.